The van der Waals surface area contributed by atoms with Crippen LogP contribution in [0.1, 0.15) is 55.0 Å². The van der Waals surface area contributed by atoms with E-state index in [9.17, 15) is 5.11 Å². The first kappa shape index (κ1) is 23.9. The van der Waals surface area contributed by atoms with Gasteiger partial charge in [0.1, 0.15) is 17.1 Å². The normalized spacial score (nSPS) is 24.1. The van der Waals surface area contributed by atoms with Gasteiger partial charge in [0.05, 0.1) is 14.2 Å². The fourth-order valence-electron chi connectivity index (χ4n) is 4.88. The van der Waals surface area contributed by atoms with Crippen LogP contribution in [0, 0.1) is 17.8 Å². The Kier molecular flexibility index (Phi) is 7.57. The summed E-state index contributed by atoms with van der Waals surface area (Å²) in [4.78, 5) is 0. The van der Waals surface area contributed by atoms with Gasteiger partial charge in [-0.1, -0.05) is 67.6 Å². The molecule has 0 spiro atoms. The van der Waals surface area contributed by atoms with Gasteiger partial charge in [0.2, 0.25) is 0 Å². The Morgan fingerprint density at radius 3 is 2.03 bits per heavy atom. The second-order valence-corrected chi connectivity index (χ2v) is 8.88. The maximum atomic E-state index is 12.1. The van der Waals surface area contributed by atoms with Gasteiger partial charge in [-0.05, 0) is 53.9 Å². The van der Waals surface area contributed by atoms with Gasteiger partial charge in [0.15, 0.2) is 0 Å². The van der Waals surface area contributed by atoms with Crippen molar-refractivity contribution in [1.82, 2.24) is 5.32 Å². The largest absolute Gasteiger partial charge is 0.497 e. The number of benzene rings is 3. The Balaban J connectivity index is 1.76. The average Bonchev–Trinajstić information content (AvgIpc) is 2.89. The highest BCUT2D eigenvalue weighted by molar-refractivity contribution is 5.39. The van der Waals surface area contributed by atoms with Gasteiger partial charge in [-0.15, -0.1) is 0 Å². The molecule has 4 heteroatoms. The van der Waals surface area contributed by atoms with Crippen LogP contribution in [-0.2, 0) is 0 Å². The minimum Gasteiger partial charge on any atom is -0.497 e. The van der Waals surface area contributed by atoms with Gasteiger partial charge in [0, 0.05) is 30.0 Å². The van der Waals surface area contributed by atoms with Gasteiger partial charge in [-0.3, -0.25) is 0 Å². The third-order valence-electron chi connectivity index (χ3n) is 6.70. The van der Waals surface area contributed by atoms with Crippen LogP contribution in [0.3, 0.4) is 0 Å². The van der Waals surface area contributed by atoms with Gasteiger partial charge in [0.25, 0.3) is 0 Å². The fourth-order valence-corrected chi connectivity index (χ4v) is 4.88. The molecule has 0 aromatic heterocycles. The number of hydrogen-bond acceptors (Lipinski definition) is 4. The van der Waals surface area contributed by atoms with Crippen LogP contribution >= 0.6 is 0 Å². The molecule has 1 heterocycles. The quantitative estimate of drug-likeness (QED) is 0.470. The highest BCUT2D eigenvalue weighted by Gasteiger charge is 2.47. The lowest BCUT2D eigenvalue weighted by Gasteiger charge is -2.46. The van der Waals surface area contributed by atoms with Crippen molar-refractivity contribution < 1.29 is 14.6 Å². The molecular formula is C30H33NO3. The van der Waals surface area contributed by atoms with E-state index < -0.39 is 5.60 Å². The van der Waals surface area contributed by atoms with E-state index in [4.69, 9.17) is 9.47 Å². The van der Waals surface area contributed by atoms with E-state index in [1.54, 1.807) is 14.2 Å². The second kappa shape index (κ2) is 10.8. The third-order valence-corrected chi connectivity index (χ3v) is 6.70. The number of rotatable bonds is 6. The van der Waals surface area contributed by atoms with E-state index in [0.29, 0.717) is 6.42 Å². The molecule has 34 heavy (non-hydrogen) atoms. The lowest BCUT2D eigenvalue weighted by atomic mass is 9.69. The van der Waals surface area contributed by atoms with Crippen LogP contribution in [-0.4, -0.2) is 24.9 Å². The van der Waals surface area contributed by atoms with E-state index in [1.165, 1.54) is 0 Å². The molecule has 0 bridgehead atoms. The predicted molar refractivity (Wildman–Crippen MR) is 136 cm³/mol. The molecule has 3 aromatic rings. The molecule has 0 unspecified atom stereocenters. The van der Waals surface area contributed by atoms with E-state index >= 15 is 0 Å². The molecule has 1 fully saturated rings. The summed E-state index contributed by atoms with van der Waals surface area (Å²) in [5.41, 5.74) is 1.99. The molecular weight excluding hydrogens is 422 g/mol. The molecule has 1 saturated heterocycles. The Morgan fingerprint density at radius 2 is 1.47 bits per heavy atom. The van der Waals surface area contributed by atoms with Crippen LogP contribution in [0.25, 0.3) is 0 Å². The first-order valence-electron chi connectivity index (χ1n) is 11.9. The van der Waals surface area contributed by atoms with Crippen molar-refractivity contribution in [3.63, 3.8) is 0 Å². The van der Waals surface area contributed by atoms with Crippen LogP contribution < -0.4 is 14.8 Å². The molecule has 4 rings (SSSR count). The number of ether oxygens (including phenoxy) is 2. The lowest BCUT2D eigenvalue weighted by molar-refractivity contribution is -0.0318. The van der Waals surface area contributed by atoms with Crippen molar-refractivity contribution in [1.29, 1.82) is 0 Å². The smallest absolute Gasteiger partial charge is 0.132 e. The van der Waals surface area contributed by atoms with E-state index in [-0.39, 0.29) is 18.0 Å². The summed E-state index contributed by atoms with van der Waals surface area (Å²) in [6.07, 6.45) is 2.33. The number of hydrogen-bond donors (Lipinski definition) is 2. The number of aliphatic hydroxyl groups is 1. The zero-order chi connectivity index (χ0) is 24.0. The molecule has 3 aromatic carbocycles. The minimum absolute atomic E-state index is 0.0539. The monoisotopic (exact) mass is 455 g/mol. The van der Waals surface area contributed by atoms with Crippen molar-refractivity contribution in [2.45, 2.75) is 43.9 Å². The van der Waals surface area contributed by atoms with Crippen molar-refractivity contribution in [3.8, 4) is 23.3 Å². The summed E-state index contributed by atoms with van der Waals surface area (Å²) in [7, 11) is 3.34. The first-order chi connectivity index (χ1) is 16.6. The molecule has 4 atom stereocenters. The zero-order valence-corrected chi connectivity index (χ0v) is 20.1. The maximum Gasteiger partial charge on any atom is 0.132 e. The summed E-state index contributed by atoms with van der Waals surface area (Å²) >= 11 is 0. The highest BCUT2D eigenvalue weighted by atomic mass is 16.5. The number of nitrogens with one attached hydrogen (secondary N) is 1. The molecule has 4 nitrogen and oxygen atoms in total. The van der Waals surface area contributed by atoms with Gasteiger partial charge >= 0.3 is 0 Å². The molecule has 0 saturated carbocycles. The maximum absolute atomic E-state index is 12.1. The predicted octanol–water partition coefficient (Wildman–Crippen LogP) is 5.68. The van der Waals surface area contributed by atoms with Crippen LogP contribution in [0.15, 0.2) is 78.9 Å². The first-order valence-corrected chi connectivity index (χ1v) is 11.9. The summed E-state index contributed by atoms with van der Waals surface area (Å²) in [5.74, 6) is 8.14. The van der Waals surface area contributed by atoms with Gasteiger partial charge in [-0.25, -0.2) is 0 Å². The summed E-state index contributed by atoms with van der Waals surface area (Å²) in [6, 6.07) is 26.0. The van der Waals surface area contributed by atoms with Crippen LogP contribution in [0.5, 0.6) is 11.5 Å². The Labute approximate surface area is 202 Å². The van der Waals surface area contributed by atoms with Crippen LogP contribution in [0.2, 0.25) is 0 Å². The van der Waals surface area contributed by atoms with Gasteiger partial charge in [-0.2, -0.15) is 0 Å². The zero-order valence-electron chi connectivity index (χ0n) is 20.1. The highest BCUT2D eigenvalue weighted by Crippen LogP contribution is 2.45. The molecule has 2 N–H and O–H groups in total. The molecule has 1 aliphatic rings. The fraction of sp³-hybridized carbons (Fsp3) is 0.333. The second-order valence-electron chi connectivity index (χ2n) is 8.88. The standard InChI is InChI=1S/C30H33NO3/c1-4-8-27-29(24-13-17-26(34-3)18-14-24)31-28(23-11-15-25(33-2)16-12-23)21-30(27,32)20-19-22-9-6-5-7-10-22/h5-7,9-18,27-29,31-32H,4,8,21H2,1-3H3/t27-,28+,29-,30-/m1/s1. The molecule has 1 aliphatic heterocycles. The minimum atomic E-state index is -1.15. The summed E-state index contributed by atoms with van der Waals surface area (Å²) < 4.78 is 10.7. The average molecular weight is 456 g/mol. The molecule has 0 amide bonds. The number of methoxy groups -OCH3 is 2. The topological polar surface area (TPSA) is 50.7 Å². The SMILES string of the molecule is CCC[C@@H]1[C@@H](c2ccc(OC)cc2)N[C@H](c2ccc(OC)cc2)C[C@]1(O)C#Cc1ccccc1. The molecule has 0 radical (unpaired) electrons. The van der Waals surface area contributed by atoms with Crippen molar-refractivity contribution in [2.24, 2.45) is 5.92 Å². The van der Waals surface area contributed by atoms with E-state index in [2.05, 4.69) is 48.3 Å². The van der Waals surface area contributed by atoms with Crippen LogP contribution in [0.4, 0.5) is 0 Å². The van der Waals surface area contributed by atoms with Crippen molar-refractivity contribution in [2.75, 3.05) is 14.2 Å². The lowest BCUT2D eigenvalue weighted by Crippen LogP contribution is -2.52. The Bertz CT molecular complexity index is 1120. The van der Waals surface area contributed by atoms with Crippen molar-refractivity contribution in [3.05, 3.63) is 95.6 Å². The molecule has 0 aliphatic carbocycles. The summed E-state index contributed by atoms with van der Waals surface area (Å²) in [6.45, 7) is 2.16. The van der Waals surface area contributed by atoms with E-state index in [0.717, 1.165) is 41.0 Å². The third kappa shape index (κ3) is 5.28. The van der Waals surface area contributed by atoms with E-state index in [1.807, 2.05) is 54.6 Å². The summed E-state index contributed by atoms with van der Waals surface area (Å²) in [5, 5.41) is 16.0. The number of piperidine rings is 1. The Morgan fingerprint density at radius 1 is 0.882 bits per heavy atom. The van der Waals surface area contributed by atoms with Crippen molar-refractivity contribution >= 4 is 0 Å². The Hall–Kier alpha value is -3.26. The molecule has 176 valence electrons. The van der Waals surface area contributed by atoms with Gasteiger partial charge < -0.3 is 19.9 Å².